The molecule has 0 rings (SSSR count). The summed E-state index contributed by atoms with van der Waals surface area (Å²) in [7, 11) is -9.21. The Morgan fingerprint density at radius 3 is 0.857 bits per heavy atom. The molecule has 0 fully saturated rings. The monoisotopic (exact) mass is 276 g/mol. The molecule has 0 atom stereocenters. The molecule has 0 unspecified atom stereocenters. The largest absolute Gasteiger partial charge is 1.00 e. The molecule has 0 saturated carbocycles. The minimum Gasteiger partial charge on any atom is -1.00 e. The van der Waals surface area contributed by atoms with Crippen molar-refractivity contribution >= 4 is 20.8 Å². The summed E-state index contributed by atoms with van der Waals surface area (Å²) >= 11 is 0. The summed E-state index contributed by atoms with van der Waals surface area (Å²) in [5.74, 6) is 0. The molecule has 0 spiro atoms. The second-order valence-electron chi connectivity index (χ2n) is 1.00. The molecule has 0 aliphatic heterocycles. The van der Waals surface area contributed by atoms with Crippen molar-refractivity contribution in [2.24, 2.45) is 0 Å². The molecule has 0 aromatic carbocycles. The third kappa shape index (κ3) is 37.3. The van der Waals surface area contributed by atoms with Gasteiger partial charge in [0.05, 0.1) is 0 Å². The molecule has 0 saturated heterocycles. The number of rotatable bonds is 2. The van der Waals surface area contributed by atoms with Crippen LogP contribution in [0.4, 0.5) is 0 Å². The van der Waals surface area contributed by atoms with Crippen molar-refractivity contribution in [1.82, 2.24) is 0 Å². The first-order valence-electron chi connectivity index (χ1n) is 1.73. The van der Waals surface area contributed by atoms with Gasteiger partial charge in [-0.3, -0.25) is 9.11 Å². The van der Waals surface area contributed by atoms with Crippen LogP contribution in [-0.4, -0.2) is 36.5 Å². The van der Waals surface area contributed by atoms with Crippen LogP contribution >= 0.6 is 0 Å². The topological polar surface area (TPSA) is 168 Å². The molecule has 0 heterocycles. The van der Waals surface area contributed by atoms with Gasteiger partial charge >= 0.3 is 79.9 Å². The molecule has 0 aliphatic rings. The van der Waals surface area contributed by atoms with E-state index in [9.17, 15) is 0 Å². The average molecular weight is 276 g/mol. The Bertz CT molecular complexity index is 261. The van der Waals surface area contributed by atoms with Crippen molar-refractivity contribution in [3.63, 3.8) is 0 Å². The van der Waals surface area contributed by atoms with E-state index in [2.05, 4.69) is 8.67 Å². The predicted molar refractivity (Wildman–Crippen MR) is 32.7 cm³/mol. The fraction of sp³-hybridized carbons (Fsp3) is 0. The third-order valence-corrected chi connectivity index (χ3v) is 0.565. The van der Waals surface area contributed by atoms with Gasteiger partial charge in [-0.2, -0.15) is 16.8 Å². The molecular weight excluding hydrogens is 270 g/mol. The van der Waals surface area contributed by atoms with Crippen molar-refractivity contribution in [2.45, 2.75) is 0 Å². The first-order valence-corrected chi connectivity index (χ1v) is 4.46. The zero-order valence-corrected chi connectivity index (χ0v) is 12.7. The van der Waals surface area contributed by atoms with Gasteiger partial charge in [0.2, 0.25) is 0 Å². The van der Waals surface area contributed by atoms with Crippen LogP contribution in [0.1, 0.15) is 2.85 Å². The van der Waals surface area contributed by atoms with Crippen molar-refractivity contribution < 1.29 is 107 Å². The fourth-order valence-corrected chi connectivity index (χ4v) is 0. The van der Waals surface area contributed by atoms with E-state index in [-0.39, 0.29) is 62.0 Å². The van der Waals surface area contributed by atoms with Gasteiger partial charge in [0.15, 0.2) is 0 Å². The summed E-state index contributed by atoms with van der Waals surface area (Å²) in [6.45, 7) is 0. The number of hydrogen-bond acceptors (Lipinski definition) is 8. The van der Waals surface area contributed by atoms with Crippen LogP contribution < -0.4 is 59.1 Å². The van der Waals surface area contributed by atoms with Gasteiger partial charge in [-0.05, 0) is 0 Å². The van der Waals surface area contributed by atoms with E-state index in [0.717, 1.165) is 0 Å². The Hall–Kier alpha value is 1.66. The maximum absolute atomic E-state index is 9.08. The van der Waals surface area contributed by atoms with Crippen LogP contribution in [-0.2, 0) is 29.5 Å². The van der Waals surface area contributed by atoms with Crippen molar-refractivity contribution in [3.8, 4) is 0 Å². The quantitative estimate of drug-likeness (QED) is 0.164. The van der Waals surface area contributed by atoms with E-state index in [1.54, 1.807) is 0 Å². The van der Waals surface area contributed by atoms with E-state index in [0.29, 0.717) is 0 Å². The van der Waals surface area contributed by atoms with Crippen molar-refractivity contribution in [3.05, 3.63) is 0 Å². The molecule has 14 heavy (non-hydrogen) atoms. The molecule has 4 N–H and O–H groups in total. The first-order chi connectivity index (χ1) is 5.12. The van der Waals surface area contributed by atoms with Crippen molar-refractivity contribution in [1.29, 1.82) is 0 Å². The van der Waals surface area contributed by atoms with Gasteiger partial charge in [-0.25, -0.2) is 10.5 Å². The number of hydrogen-bond donors (Lipinski definition) is 4. The van der Waals surface area contributed by atoms with Crippen LogP contribution in [0.15, 0.2) is 0 Å². The van der Waals surface area contributed by atoms with Gasteiger partial charge in [0, 0.05) is 0 Å². The molecule has 0 aromatic heterocycles. The van der Waals surface area contributed by atoms with Crippen LogP contribution in [0.3, 0.4) is 0 Å². The van der Waals surface area contributed by atoms with E-state index in [4.69, 9.17) is 36.5 Å². The Labute approximate surface area is 127 Å². The van der Waals surface area contributed by atoms with Crippen LogP contribution in [0.5, 0.6) is 0 Å². The molecular formula is H6Na2O10S2. The molecule has 0 aromatic rings. The van der Waals surface area contributed by atoms with Crippen molar-refractivity contribution in [2.75, 3.05) is 0 Å². The maximum atomic E-state index is 9.08. The Morgan fingerprint density at radius 2 is 0.857 bits per heavy atom. The molecule has 0 amide bonds. The molecule has 14 heteroatoms. The van der Waals surface area contributed by atoms with Gasteiger partial charge in [-0.1, -0.05) is 8.67 Å². The maximum Gasteiger partial charge on any atom is 1.00 e. The molecule has 10 nitrogen and oxygen atoms in total. The third-order valence-electron chi connectivity index (χ3n) is 0.188. The van der Waals surface area contributed by atoms with Gasteiger partial charge in [-0.15, -0.1) is 0 Å². The Kier molecular flexibility index (Phi) is 19.7. The summed E-state index contributed by atoms with van der Waals surface area (Å²) in [5, 5.41) is 14.1. The molecule has 0 radical (unpaired) electrons. The van der Waals surface area contributed by atoms with Gasteiger partial charge in [0.1, 0.15) is 0 Å². The Morgan fingerprint density at radius 1 is 0.786 bits per heavy atom. The van der Waals surface area contributed by atoms with Crippen LogP contribution in [0, 0.1) is 0 Å². The first kappa shape index (κ1) is 24.8. The second-order valence-corrected chi connectivity index (χ2v) is 3.01. The van der Waals surface area contributed by atoms with Crippen LogP contribution in [0.2, 0.25) is 0 Å². The van der Waals surface area contributed by atoms with Crippen LogP contribution in [0.25, 0.3) is 0 Å². The van der Waals surface area contributed by atoms with E-state index >= 15 is 0 Å². The molecule has 0 bridgehead atoms. The van der Waals surface area contributed by atoms with Gasteiger partial charge < -0.3 is 2.85 Å². The summed E-state index contributed by atoms with van der Waals surface area (Å²) < 4.78 is 55.9. The summed E-state index contributed by atoms with van der Waals surface area (Å²) in [5.41, 5.74) is 0. The average Bonchev–Trinajstić information content (AvgIpc) is 1.86. The van der Waals surface area contributed by atoms with E-state index in [1.165, 1.54) is 0 Å². The summed E-state index contributed by atoms with van der Waals surface area (Å²) in [4.78, 5) is 0. The molecule has 0 aliphatic carbocycles. The summed E-state index contributed by atoms with van der Waals surface area (Å²) in [6.07, 6.45) is 0. The minimum absolute atomic E-state index is 0. The molecule has 80 valence electrons. The predicted octanol–water partition coefficient (Wildman–Crippen LogP) is -7.21. The minimum atomic E-state index is -4.61. The zero-order valence-electron chi connectivity index (χ0n) is 9.05. The summed E-state index contributed by atoms with van der Waals surface area (Å²) in [6, 6.07) is 0. The standard InChI is InChI=1S/2Na.2H2O5S.2H/c;;2*1-5-6(2,3)4;;/h;;2*1H,(H,2,3,4);;/q2*+1;;;2*-1. The normalized spacial score (nSPS) is 10.0. The smallest absolute Gasteiger partial charge is 1.00 e. The van der Waals surface area contributed by atoms with Gasteiger partial charge in [0.25, 0.3) is 0 Å². The zero-order chi connectivity index (χ0) is 10.4. The second kappa shape index (κ2) is 11.2. The SMILES string of the molecule is O=S(=O)(O)OO.O=S(=O)(O)OO.[H-].[H-].[Na+].[Na+]. The van der Waals surface area contributed by atoms with E-state index < -0.39 is 20.8 Å². The fourth-order valence-electron chi connectivity index (χ4n) is 0. The van der Waals surface area contributed by atoms with E-state index in [1.807, 2.05) is 0 Å². The Balaban J connectivity index is -0.0000000250.